The van der Waals surface area contributed by atoms with E-state index in [1.807, 2.05) is 4.90 Å². The van der Waals surface area contributed by atoms with Gasteiger partial charge in [-0.25, -0.2) is 12.8 Å². The number of hydrogen-bond acceptors (Lipinski definition) is 6. The summed E-state index contributed by atoms with van der Waals surface area (Å²) < 4.78 is 39.1. The quantitative estimate of drug-likeness (QED) is 0.623. The van der Waals surface area contributed by atoms with Crippen molar-refractivity contribution in [1.82, 2.24) is 14.4 Å². The van der Waals surface area contributed by atoms with E-state index in [0.717, 1.165) is 0 Å². The second-order valence-electron chi connectivity index (χ2n) is 8.45. The van der Waals surface area contributed by atoms with Crippen LogP contribution in [-0.4, -0.2) is 88.7 Å². The van der Waals surface area contributed by atoms with Crippen LogP contribution in [0, 0.1) is 5.82 Å². The van der Waals surface area contributed by atoms with E-state index in [2.05, 4.69) is 4.90 Å². The number of nitrogens with zero attached hydrogens (tertiary/aromatic N) is 3. The Balaban J connectivity index is 1.58. The fraction of sp³-hybridized carbons (Fsp3) is 0.524. The normalized spacial score (nSPS) is 22.8. The summed E-state index contributed by atoms with van der Waals surface area (Å²) >= 11 is 0. The number of carbonyl (C=O) groups is 2. The molecule has 2 aliphatic rings. The summed E-state index contributed by atoms with van der Waals surface area (Å²) in [5.74, 6) is -2.17. The highest BCUT2D eigenvalue weighted by molar-refractivity contribution is 7.91. The van der Waals surface area contributed by atoms with Gasteiger partial charge in [0.1, 0.15) is 11.9 Å². The van der Waals surface area contributed by atoms with Gasteiger partial charge >= 0.3 is 11.9 Å². The minimum atomic E-state index is -2.99. The molecule has 0 radical (unpaired) electrons. The Labute approximate surface area is 184 Å². The van der Waals surface area contributed by atoms with Crippen LogP contribution in [-0.2, 0) is 26.0 Å². The van der Waals surface area contributed by atoms with Crippen LogP contribution in [0.3, 0.4) is 0 Å². The largest absolute Gasteiger partial charge is 0.481 e. The molecule has 32 heavy (non-hydrogen) atoms. The van der Waals surface area contributed by atoms with Crippen molar-refractivity contribution in [3.63, 3.8) is 0 Å². The predicted octanol–water partition coefficient (Wildman–Crippen LogP) is 1.19. The minimum absolute atomic E-state index is 0.0219. The summed E-state index contributed by atoms with van der Waals surface area (Å²) in [4.78, 5) is 27.3. The van der Waals surface area contributed by atoms with Gasteiger partial charge in [-0.15, -0.1) is 0 Å². The van der Waals surface area contributed by atoms with Crippen molar-refractivity contribution in [3.05, 3.63) is 35.8 Å². The summed E-state index contributed by atoms with van der Waals surface area (Å²) in [5.41, 5.74) is 0.956. The van der Waals surface area contributed by atoms with Crippen LogP contribution >= 0.6 is 0 Å². The number of aryl methyl sites for hydroxylation is 1. The Kier molecular flexibility index (Phi) is 6.24. The second kappa shape index (κ2) is 8.80. The molecule has 2 aliphatic heterocycles. The Morgan fingerprint density at radius 2 is 1.88 bits per heavy atom. The molecule has 174 valence electrons. The first-order valence-corrected chi connectivity index (χ1v) is 12.4. The molecule has 0 bridgehead atoms. The maximum absolute atomic E-state index is 13.9. The highest BCUT2D eigenvalue weighted by Crippen LogP contribution is 2.32. The first-order chi connectivity index (χ1) is 15.1. The maximum atomic E-state index is 13.9. The molecule has 3 heterocycles. The van der Waals surface area contributed by atoms with E-state index in [9.17, 15) is 27.5 Å². The van der Waals surface area contributed by atoms with E-state index < -0.39 is 33.6 Å². The van der Waals surface area contributed by atoms with Crippen molar-refractivity contribution in [2.45, 2.75) is 31.5 Å². The van der Waals surface area contributed by atoms with Gasteiger partial charge in [-0.2, -0.15) is 0 Å². The minimum Gasteiger partial charge on any atom is -0.481 e. The molecule has 0 aliphatic carbocycles. The molecular formula is C21H26FN3O6S. The highest BCUT2D eigenvalue weighted by atomic mass is 32.2. The van der Waals surface area contributed by atoms with Crippen LogP contribution < -0.4 is 0 Å². The third-order valence-corrected chi connectivity index (χ3v) is 8.16. The lowest BCUT2D eigenvalue weighted by Gasteiger charge is -2.40. The lowest BCUT2D eigenvalue weighted by molar-refractivity contribution is -0.144. The molecular weight excluding hydrogens is 441 g/mol. The maximum Gasteiger partial charge on any atom is 0.325 e. The molecule has 1 aromatic heterocycles. The van der Waals surface area contributed by atoms with Crippen molar-refractivity contribution < 1.29 is 32.6 Å². The molecule has 9 nitrogen and oxygen atoms in total. The molecule has 2 saturated heterocycles. The number of carboxylic acid groups (broad SMARTS) is 2. The predicted molar refractivity (Wildman–Crippen MR) is 115 cm³/mol. The summed E-state index contributed by atoms with van der Waals surface area (Å²) in [6.07, 6.45) is 2.05. The van der Waals surface area contributed by atoms with E-state index in [1.165, 1.54) is 18.2 Å². The van der Waals surface area contributed by atoms with Gasteiger partial charge in [-0.05, 0) is 24.6 Å². The molecule has 0 saturated carbocycles. The SMILES string of the molecule is O=C(O)CCn1cc(C(C(=O)O)N2CCN(C3CCS(=O)(=O)C3)CC2)c2ccc(F)cc21. The van der Waals surface area contributed by atoms with E-state index in [4.69, 9.17) is 5.11 Å². The number of carboxylic acids is 2. The van der Waals surface area contributed by atoms with Crippen molar-refractivity contribution >= 4 is 32.7 Å². The molecule has 2 N–H and O–H groups in total. The van der Waals surface area contributed by atoms with Gasteiger partial charge in [0.15, 0.2) is 9.84 Å². The number of aliphatic carboxylic acids is 2. The van der Waals surface area contributed by atoms with Crippen molar-refractivity contribution in [1.29, 1.82) is 0 Å². The number of piperazine rings is 1. The molecule has 4 rings (SSSR count). The van der Waals surface area contributed by atoms with Gasteiger partial charge in [0.05, 0.1) is 23.4 Å². The third-order valence-electron chi connectivity index (χ3n) is 6.41. The monoisotopic (exact) mass is 467 g/mol. The van der Waals surface area contributed by atoms with Gasteiger partial charge in [-0.3, -0.25) is 19.4 Å². The fourth-order valence-electron chi connectivity index (χ4n) is 4.82. The lowest BCUT2D eigenvalue weighted by atomic mass is 10.0. The summed E-state index contributed by atoms with van der Waals surface area (Å²) in [6.45, 7) is 2.14. The Bertz CT molecular complexity index is 1140. The Morgan fingerprint density at radius 3 is 2.47 bits per heavy atom. The zero-order valence-electron chi connectivity index (χ0n) is 17.5. The summed E-state index contributed by atoms with van der Waals surface area (Å²) in [7, 11) is -2.99. The molecule has 0 amide bonds. The summed E-state index contributed by atoms with van der Waals surface area (Å²) in [6, 6.07) is 3.10. The van der Waals surface area contributed by atoms with Gasteiger partial charge in [0.25, 0.3) is 0 Å². The third kappa shape index (κ3) is 4.64. The lowest BCUT2D eigenvalue weighted by Crippen LogP contribution is -2.52. The van der Waals surface area contributed by atoms with Gasteiger partial charge in [0, 0.05) is 55.9 Å². The summed E-state index contributed by atoms with van der Waals surface area (Å²) in [5, 5.41) is 19.7. The topological polar surface area (TPSA) is 120 Å². The van der Waals surface area contributed by atoms with Crippen molar-refractivity contribution in [2.24, 2.45) is 0 Å². The molecule has 0 spiro atoms. The number of benzene rings is 1. The zero-order chi connectivity index (χ0) is 23.0. The Morgan fingerprint density at radius 1 is 1.16 bits per heavy atom. The molecule has 2 aromatic rings. The standard InChI is InChI=1S/C21H26FN3O6S/c22-14-1-2-16-17(12-25(18(16)11-14)5-3-19(26)27)20(21(28)29)24-8-6-23(7-9-24)15-4-10-32(30,31)13-15/h1-2,11-12,15,20H,3-10,13H2,(H,26,27)(H,28,29). The van der Waals surface area contributed by atoms with Crippen LogP contribution in [0.2, 0.25) is 0 Å². The molecule has 11 heteroatoms. The first-order valence-electron chi connectivity index (χ1n) is 10.6. The molecule has 2 unspecified atom stereocenters. The highest BCUT2D eigenvalue weighted by Gasteiger charge is 2.37. The van der Waals surface area contributed by atoms with Gasteiger partial charge in [0.2, 0.25) is 0 Å². The molecule has 2 atom stereocenters. The number of sulfone groups is 1. The average molecular weight is 468 g/mol. The van der Waals surface area contributed by atoms with Crippen LogP contribution in [0.15, 0.2) is 24.4 Å². The molecule has 2 fully saturated rings. The van der Waals surface area contributed by atoms with Crippen LogP contribution in [0.25, 0.3) is 10.9 Å². The van der Waals surface area contributed by atoms with E-state index in [0.29, 0.717) is 49.1 Å². The van der Waals surface area contributed by atoms with E-state index >= 15 is 0 Å². The van der Waals surface area contributed by atoms with Crippen LogP contribution in [0.5, 0.6) is 0 Å². The van der Waals surface area contributed by atoms with E-state index in [-0.39, 0.29) is 30.5 Å². The zero-order valence-corrected chi connectivity index (χ0v) is 18.3. The van der Waals surface area contributed by atoms with Crippen LogP contribution in [0.4, 0.5) is 4.39 Å². The number of aromatic nitrogens is 1. The number of fused-ring (bicyclic) bond motifs is 1. The van der Waals surface area contributed by atoms with E-state index in [1.54, 1.807) is 10.8 Å². The smallest absolute Gasteiger partial charge is 0.325 e. The van der Waals surface area contributed by atoms with Crippen LogP contribution in [0.1, 0.15) is 24.4 Å². The Hall–Kier alpha value is -2.50. The van der Waals surface area contributed by atoms with Gasteiger partial charge < -0.3 is 14.8 Å². The van der Waals surface area contributed by atoms with Gasteiger partial charge in [-0.1, -0.05) is 0 Å². The molecule has 1 aromatic carbocycles. The number of halogens is 1. The second-order valence-corrected chi connectivity index (χ2v) is 10.7. The van der Waals surface area contributed by atoms with Crippen molar-refractivity contribution in [3.8, 4) is 0 Å². The average Bonchev–Trinajstić information content (AvgIpc) is 3.26. The van der Waals surface area contributed by atoms with Crippen molar-refractivity contribution in [2.75, 3.05) is 37.7 Å². The fourth-order valence-corrected chi connectivity index (χ4v) is 6.58. The number of hydrogen-bond donors (Lipinski definition) is 2. The number of rotatable bonds is 7. The first kappa shape index (κ1) is 22.7.